The summed E-state index contributed by atoms with van der Waals surface area (Å²) in [5.74, 6) is 2.73. The Bertz CT molecular complexity index is 1190. The van der Waals surface area contributed by atoms with Gasteiger partial charge in [0.1, 0.15) is 0 Å². The van der Waals surface area contributed by atoms with Gasteiger partial charge >= 0.3 is 0 Å². The second-order valence-corrected chi connectivity index (χ2v) is 8.24. The zero-order chi connectivity index (χ0) is 21.5. The lowest BCUT2D eigenvalue weighted by Gasteiger charge is -2.36. The zero-order valence-corrected chi connectivity index (χ0v) is 19.3. The van der Waals surface area contributed by atoms with Crippen LogP contribution in [-0.2, 0) is 9.47 Å². The van der Waals surface area contributed by atoms with Gasteiger partial charge in [0.15, 0.2) is 35.6 Å². The molecule has 3 aromatic rings. The lowest BCUT2D eigenvalue weighted by atomic mass is 9.97. The third-order valence-electron chi connectivity index (χ3n) is 5.25. The van der Waals surface area contributed by atoms with Gasteiger partial charge in [0, 0.05) is 26.8 Å². The molecule has 7 nitrogen and oxygen atoms in total. The Morgan fingerprint density at radius 3 is 2.48 bits per heavy atom. The van der Waals surface area contributed by atoms with Crippen LogP contribution in [0.25, 0.3) is 22.6 Å². The van der Waals surface area contributed by atoms with Crippen LogP contribution in [-0.4, -0.2) is 38.6 Å². The van der Waals surface area contributed by atoms with E-state index in [0.29, 0.717) is 23.0 Å². The molecule has 0 aliphatic carbocycles. The van der Waals surface area contributed by atoms with Gasteiger partial charge in [-0.15, -0.1) is 0 Å². The average molecular weight is 533 g/mol. The fourth-order valence-corrected chi connectivity index (χ4v) is 4.31. The highest BCUT2D eigenvalue weighted by molar-refractivity contribution is 14.1. The van der Waals surface area contributed by atoms with Crippen molar-refractivity contribution >= 4 is 45.1 Å². The van der Waals surface area contributed by atoms with Crippen molar-refractivity contribution in [2.24, 2.45) is 0 Å². The molecule has 5 rings (SSSR count). The number of fused-ring (bicyclic) bond motifs is 2. The molecule has 2 aliphatic rings. The van der Waals surface area contributed by atoms with Crippen LogP contribution in [0.15, 0.2) is 36.5 Å². The van der Waals surface area contributed by atoms with E-state index in [2.05, 4.69) is 33.7 Å². The number of hydrogen-bond acceptors (Lipinski definition) is 7. The monoisotopic (exact) mass is 533 g/mol. The minimum Gasteiger partial charge on any atom is -0.493 e. The van der Waals surface area contributed by atoms with Gasteiger partial charge < -0.3 is 28.4 Å². The van der Waals surface area contributed by atoms with Crippen molar-refractivity contribution in [2.45, 2.75) is 19.5 Å². The van der Waals surface area contributed by atoms with Crippen LogP contribution in [0.5, 0.6) is 23.0 Å². The van der Waals surface area contributed by atoms with E-state index in [1.165, 1.54) is 0 Å². The minimum atomic E-state index is -0.491. The average Bonchev–Trinajstić information content (AvgIpc) is 3.21. The molecule has 2 aromatic carbocycles. The first-order chi connectivity index (χ1) is 15.1. The number of nitrogens with zero attached hydrogens (tertiary/aromatic N) is 1. The molecule has 160 valence electrons. The maximum absolute atomic E-state index is 5.89. The molecule has 1 aromatic heterocycles. The Hall–Kier alpha value is -2.56. The first-order valence-corrected chi connectivity index (χ1v) is 10.8. The molecule has 0 radical (unpaired) electrons. The molecular weight excluding hydrogens is 513 g/mol. The fraction of sp³-hybridized carbons (Fsp3) is 0.261. The number of pyridine rings is 1. The van der Waals surface area contributed by atoms with E-state index in [9.17, 15) is 0 Å². The molecule has 0 unspecified atom stereocenters. The second kappa shape index (κ2) is 8.18. The predicted molar refractivity (Wildman–Crippen MR) is 123 cm³/mol. The molecule has 3 heterocycles. The summed E-state index contributed by atoms with van der Waals surface area (Å²) in [7, 11) is 3.25. The van der Waals surface area contributed by atoms with E-state index in [1.54, 1.807) is 20.4 Å². The second-order valence-electron chi connectivity index (χ2n) is 7.08. The first kappa shape index (κ1) is 20.3. The lowest BCUT2D eigenvalue weighted by Crippen LogP contribution is -2.39. The van der Waals surface area contributed by atoms with E-state index >= 15 is 0 Å². The van der Waals surface area contributed by atoms with Crippen molar-refractivity contribution in [3.05, 3.63) is 51.2 Å². The van der Waals surface area contributed by atoms with Crippen LogP contribution in [0.2, 0.25) is 0 Å². The smallest absolute Gasteiger partial charge is 0.231 e. The summed E-state index contributed by atoms with van der Waals surface area (Å²) in [6, 6.07) is 9.69. The molecule has 0 bridgehead atoms. The maximum Gasteiger partial charge on any atom is 0.231 e. The van der Waals surface area contributed by atoms with Gasteiger partial charge in [-0.25, -0.2) is 0 Å². The highest BCUT2D eigenvalue weighted by Gasteiger charge is 2.32. The Kier molecular flexibility index (Phi) is 5.37. The van der Waals surface area contributed by atoms with Crippen LogP contribution in [0.3, 0.4) is 0 Å². The maximum atomic E-state index is 5.89. The summed E-state index contributed by atoms with van der Waals surface area (Å²) in [6.07, 6.45) is 3.08. The molecule has 0 N–H and O–H groups in total. The standard InChI is InChI=1S/C23H20INO6/c1-12-30-23(31-12)16(6-13-7-19(26-2)20(27-3)9-17(13)24)14-4-5-25-18-10-22-21(8-15(14)18)28-11-29-22/h4-10,12,23H,11H2,1-3H3/b16-6+. The summed E-state index contributed by atoms with van der Waals surface area (Å²) in [4.78, 5) is 4.51. The Morgan fingerprint density at radius 1 is 1.06 bits per heavy atom. The molecule has 31 heavy (non-hydrogen) atoms. The fourth-order valence-electron chi connectivity index (χ4n) is 3.71. The summed E-state index contributed by atoms with van der Waals surface area (Å²) in [5, 5.41) is 0.931. The molecule has 0 atom stereocenters. The van der Waals surface area contributed by atoms with Gasteiger partial charge in [-0.1, -0.05) is 0 Å². The number of rotatable bonds is 5. The van der Waals surface area contributed by atoms with Gasteiger partial charge in [-0.3, -0.25) is 4.98 Å². The first-order valence-electron chi connectivity index (χ1n) is 9.70. The minimum absolute atomic E-state index is 0.208. The van der Waals surface area contributed by atoms with Gasteiger partial charge in [-0.2, -0.15) is 0 Å². The van der Waals surface area contributed by atoms with E-state index < -0.39 is 6.29 Å². The van der Waals surface area contributed by atoms with E-state index in [1.807, 2.05) is 37.3 Å². The lowest BCUT2D eigenvalue weighted by molar-refractivity contribution is -0.349. The summed E-state index contributed by atoms with van der Waals surface area (Å²) >= 11 is 2.28. The van der Waals surface area contributed by atoms with Gasteiger partial charge in [0.2, 0.25) is 6.79 Å². The highest BCUT2D eigenvalue weighted by atomic mass is 127. The molecule has 1 fully saturated rings. The van der Waals surface area contributed by atoms with Crippen molar-refractivity contribution < 1.29 is 28.4 Å². The topological polar surface area (TPSA) is 68.3 Å². The molecule has 0 amide bonds. The molecule has 2 aliphatic heterocycles. The number of aromatic nitrogens is 1. The quantitative estimate of drug-likeness (QED) is 0.435. The zero-order valence-electron chi connectivity index (χ0n) is 17.2. The molecule has 0 spiro atoms. The number of benzene rings is 2. The van der Waals surface area contributed by atoms with Gasteiger partial charge in [0.05, 0.1) is 19.7 Å². The largest absolute Gasteiger partial charge is 0.493 e. The van der Waals surface area contributed by atoms with E-state index in [0.717, 1.165) is 31.2 Å². The molecule has 0 saturated carbocycles. The van der Waals surface area contributed by atoms with E-state index in [-0.39, 0.29) is 13.1 Å². The van der Waals surface area contributed by atoms with Crippen LogP contribution >= 0.6 is 22.6 Å². The van der Waals surface area contributed by atoms with Crippen molar-refractivity contribution in [3.63, 3.8) is 0 Å². The van der Waals surface area contributed by atoms with Crippen molar-refractivity contribution in [1.29, 1.82) is 0 Å². The Balaban J connectivity index is 1.68. The highest BCUT2D eigenvalue weighted by Crippen LogP contribution is 2.41. The van der Waals surface area contributed by atoms with Crippen molar-refractivity contribution in [3.8, 4) is 23.0 Å². The van der Waals surface area contributed by atoms with Gasteiger partial charge in [0.25, 0.3) is 0 Å². The Labute approximate surface area is 193 Å². The third kappa shape index (κ3) is 3.68. The molecule has 1 saturated heterocycles. The molecular formula is C23H20INO6. The normalized spacial score (nSPS) is 19.9. The van der Waals surface area contributed by atoms with Gasteiger partial charge in [-0.05, 0) is 71.0 Å². The number of methoxy groups -OCH3 is 2. The number of halogens is 1. The van der Waals surface area contributed by atoms with E-state index in [4.69, 9.17) is 28.4 Å². The summed E-state index contributed by atoms with van der Waals surface area (Å²) in [6.45, 7) is 2.08. The van der Waals surface area contributed by atoms with Crippen LogP contribution in [0, 0.1) is 3.57 Å². The van der Waals surface area contributed by atoms with Crippen molar-refractivity contribution in [2.75, 3.05) is 21.0 Å². The third-order valence-corrected chi connectivity index (χ3v) is 6.18. The number of hydrogen-bond donors (Lipinski definition) is 0. The van der Waals surface area contributed by atoms with Crippen LogP contribution < -0.4 is 18.9 Å². The van der Waals surface area contributed by atoms with Crippen LogP contribution in [0.4, 0.5) is 0 Å². The summed E-state index contributed by atoms with van der Waals surface area (Å²) in [5.41, 5.74) is 3.60. The SMILES string of the molecule is COc1cc(I)c(/C=C(\c2ccnc3cc4c(cc23)OCO4)C2OC(C)O2)cc1OC. The number of ether oxygens (including phenoxy) is 6. The predicted octanol–water partition coefficient (Wildman–Crippen LogP) is 4.84. The van der Waals surface area contributed by atoms with Crippen LogP contribution in [0.1, 0.15) is 18.1 Å². The van der Waals surface area contributed by atoms with Crippen molar-refractivity contribution in [1.82, 2.24) is 4.98 Å². The Morgan fingerprint density at radius 2 is 1.77 bits per heavy atom. The molecule has 8 heteroatoms. The summed E-state index contributed by atoms with van der Waals surface area (Å²) < 4.78 is 34.8.